The number of rotatable bonds is 1. The molecular weight excluding hydrogens is 455 g/mol. The summed E-state index contributed by atoms with van der Waals surface area (Å²) < 4.78 is 12.2. The predicted molar refractivity (Wildman–Crippen MR) is 99.0 cm³/mol. The number of hydrogen-bond donors (Lipinski definition) is 1. The van der Waals surface area contributed by atoms with Crippen molar-refractivity contribution in [1.29, 1.82) is 0 Å². The van der Waals surface area contributed by atoms with Gasteiger partial charge in [-0.1, -0.05) is 26.7 Å². The van der Waals surface area contributed by atoms with Crippen LogP contribution in [0.3, 0.4) is 0 Å². The van der Waals surface area contributed by atoms with Crippen LogP contribution in [0.15, 0.2) is 41.0 Å². The number of halogens is 3. The van der Waals surface area contributed by atoms with Gasteiger partial charge in [0.2, 0.25) is 5.91 Å². The van der Waals surface area contributed by atoms with Gasteiger partial charge in [0.05, 0.1) is 0 Å². The van der Waals surface area contributed by atoms with E-state index in [1.54, 1.807) is 0 Å². The van der Waals surface area contributed by atoms with E-state index in [4.69, 9.17) is 5.73 Å². The van der Waals surface area contributed by atoms with Crippen molar-refractivity contribution in [1.82, 2.24) is 0 Å². The average molecular weight is 485 g/mol. The second-order valence-corrected chi connectivity index (χ2v) is 4.67. The molecule has 1 aromatic rings. The van der Waals surface area contributed by atoms with E-state index in [9.17, 15) is 9.18 Å². The second-order valence-electron chi connectivity index (χ2n) is 4.67. The molecule has 2 rings (SSSR count). The van der Waals surface area contributed by atoms with Crippen molar-refractivity contribution in [2.75, 3.05) is 0 Å². The Balaban J connectivity index is -0.0000000584. The fourth-order valence-electron chi connectivity index (χ4n) is 1.78. The Labute approximate surface area is 188 Å². The summed E-state index contributed by atoms with van der Waals surface area (Å²) in [5.41, 5.74) is 9.47. The molecule has 0 saturated heterocycles. The number of nitrogens with two attached hydrogens (primary N) is 1. The fraction of sp³-hybridized carbons (Fsp3) is 0.278. The number of primary amides is 1. The molecule has 0 radical (unpaired) electrons. The Morgan fingerprint density at radius 3 is 1.68 bits per heavy atom. The predicted octanol–water partition coefficient (Wildman–Crippen LogP) is -2.90. The summed E-state index contributed by atoms with van der Waals surface area (Å²) in [7, 11) is 0. The standard InChI is InChI=1S/C9H13.C7H6FNO.2CH3.2ClH.H4Si.Zr/c1-6-5-7(2)9(4)8(6)3;8-6-3-1-5(2-4-6)7(9)10;;;;;;/h6H,1-4H3;1-4H,(H2,9,10);2*1H3;2*1H;1H4;/q-1;;2*-1;;;;+2/p-2. The molecule has 0 aliphatic heterocycles. The molecule has 1 aliphatic carbocycles. The van der Waals surface area contributed by atoms with Gasteiger partial charge in [0.25, 0.3) is 0 Å². The number of amides is 1. The van der Waals surface area contributed by atoms with E-state index >= 15 is 0 Å². The Morgan fingerprint density at radius 1 is 1.08 bits per heavy atom. The molecular formula is C18H29Cl2FNOSiZr-3. The van der Waals surface area contributed by atoms with Crippen molar-refractivity contribution in [2.24, 2.45) is 11.7 Å². The Bertz CT molecular complexity index is 549. The normalized spacial score (nSPS) is 13.5. The van der Waals surface area contributed by atoms with Crippen LogP contribution in [0.1, 0.15) is 38.1 Å². The molecule has 0 bridgehead atoms. The van der Waals surface area contributed by atoms with Crippen LogP contribution in [0.2, 0.25) is 0 Å². The first-order valence-electron chi connectivity index (χ1n) is 6.16. The Kier molecular flexibility index (Phi) is 29.5. The smallest absolute Gasteiger partial charge is 1.00 e. The second kappa shape index (κ2) is 18.6. The zero-order chi connectivity index (χ0) is 14.6. The molecule has 0 fully saturated rings. The molecule has 2 nitrogen and oxygen atoms in total. The van der Waals surface area contributed by atoms with Crippen LogP contribution in [0.5, 0.6) is 0 Å². The number of allylic oxidation sites excluding steroid dienone is 4. The number of carbonyl (C=O) groups is 1. The van der Waals surface area contributed by atoms with Gasteiger partial charge in [-0.25, -0.2) is 9.96 Å². The van der Waals surface area contributed by atoms with Gasteiger partial charge in [-0.3, -0.25) is 10.9 Å². The van der Waals surface area contributed by atoms with Gasteiger partial charge < -0.3 is 45.4 Å². The molecule has 1 amide bonds. The summed E-state index contributed by atoms with van der Waals surface area (Å²) in [6.07, 6.45) is 3.36. The minimum atomic E-state index is -0.542. The van der Waals surface area contributed by atoms with Crippen molar-refractivity contribution >= 4 is 16.9 Å². The van der Waals surface area contributed by atoms with E-state index < -0.39 is 5.91 Å². The van der Waals surface area contributed by atoms with E-state index in [1.807, 2.05) is 0 Å². The monoisotopic (exact) mass is 482 g/mol. The van der Waals surface area contributed by atoms with Crippen molar-refractivity contribution in [3.63, 3.8) is 0 Å². The van der Waals surface area contributed by atoms with E-state index in [2.05, 4.69) is 33.8 Å². The van der Waals surface area contributed by atoms with Crippen LogP contribution in [-0.2, 0) is 26.2 Å². The van der Waals surface area contributed by atoms with Gasteiger partial charge in [-0.2, -0.15) is 11.1 Å². The maximum absolute atomic E-state index is 12.2. The summed E-state index contributed by atoms with van der Waals surface area (Å²) in [4.78, 5) is 10.4. The molecule has 1 aromatic carbocycles. The topological polar surface area (TPSA) is 43.1 Å². The van der Waals surface area contributed by atoms with Crippen molar-refractivity contribution in [3.8, 4) is 0 Å². The minimum Gasteiger partial charge on any atom is -1.00 e. The first kappa shape index (κ1) is 39.7. The van der Waals surface area contributed by atoms with E-state index in [1.165, 1.54) is 41.0 Å². The Hall–Kier alpha value is -0.220. The molecule has 0 heterocycles. The van der Waals surface area contributed by atoms with Crippen molar-refractivity contribution in [2.45, 2.75) is 27.7 Å². The van der Waals surface area contributed by atoms with Gasteiger partial charge >= 0.3 is 26.2 Å². The average Bonchev–Trinajstić information content (AvgIpc) is 2.58. The molecule has 7 heteroatoms. The summed E-state index contributed by atoms with van der Waals surface area (Å²) in [5, 5.41) is 0. The number of hydrogen-bond acceptors (Lipinski definition) is 1. The Morgan fingerprint density at radius 2 is 1.48 bits per heavy atom. The first-order valence-corrected chi connectivity index (χ1v) is 6.16. The third-order valence-corrected chi connectivity index (χ3v) is 3.37. The quantitative estimate of drug-likeness (QED) is 0.338. The zero-order valence-electron chi connectivity index (χ0n) is 15.0. The number of carbonyl (C=O) groups excluding carboxylic acids is 1. The third kappa shape index (κ3) is 12.7. The van der Waals surface area contributed by atoms with Gasteiger partial charge in [-0.15, -0.1) is 6.92 Å². The van der Waals surface area contributed by atoms with Crippen LogP contribution in [-0.4, -0.2) is 16.9 Å². The zero-order valence-corrected chi connectivity index (χ0v) is 19.0. The van der Waals surface area contributed by atoms with Gasteiger partial charge in [-0.05, 0) is 35.2 Å². The first-order chi connectivity index (χ1) is 8.82. The number of benzene rings is 1. The van der Waals surface area contributed by atoms with E-state index in [-0.39, 0.29) is 82.7 Å². The summed E-state index contributed by atoms with van der Waals surface area (Å²) in [6, 6.07) is 5.08. The van der Waals surface area contributed by atoms with Crippen LogP contribution in [0, 0.1) is 32.7 Å². The fourth-order valence-corrected chi connectivity index (χ4v) is 1.78. The third-order valence-electron chi connectivity index (χ3n) is 3.37. The van der Waals surface area contributed by atoms with Crippen LogP contribution < -0.4 is 30.5 Å². The molecule has 0 aromatic heterocycles. The molecule has 144 valence electrons. The van der Waals surface area contributed by atoms with Crippen LogP contribution in [0.4, 0.5) is 4.39 Å². The maximum atomic E-state index is 12.2. The molecule has 1 unspecified atom stereocenters. The summed E-state index contributed by atoms with van der Waals surface area (Å²) in [6.45, 7) is 8.67. The molecule has 0 spiro atoms. The SMILES string of the molecule is CC1=[C-]C(C)C(C)=C1C.NC(=O)c1ccc(F)cc1.[CH3-].[CH3-].[Cl-].[Cl-].[SiH4].[Zr+2]. The van der Waals surface area contributed by atoms with E-state index in [0.29, 0.717) is 11.5 Å². The van der Waals surface area contributed by atoms with E-state index in [0.717, 1.165) is 0 Å². The van der Waals surface area contributed by atoms with Crippen molar-refractivity contribution < 1.29 is 60.2 Å². The molecule has 0 saturated carbocycles. The molecule has 25 heavy (non-hydrogen) atoms. The minimum absolute atomic E-state index is 0. The largest absolute Gasteiger partial charge is 2.00 e. The van der Waals surface area contributed by atoms with Crippen molar-refractivity contribution in [3.05, 3.63) is 73.3 Å². The van der Waals surface area contributed by atoms with Gasteiger partial charge in [0.1, 0.15) is 5.82 Å². The molecule has 1 aliphatic rings. The van der Waals surface area contributed by atoms with Gasteiger partial charge in [0.15, 0.2) is 0 Å². The van der Waals surface area contributed by atoms with Crippen LogP contribution >= 0.6 is 0 Å². The van der Waals surface area contributed by atoms with Gasteiger partial charge in [0, 0.05) is 5.56 Å². The molecule has 1 atom stereocenters. The molecule has 2 N–H and O–H groups in total. The summed E-state index contributed by atoms with van der Waals surface area (Å²) >= 11 is 0. The van der Waals surface area contributed by atoms with Crippen LogP contribution in [0.25, 0.3) is 0 Å². The maximum Gasteiger partial charge on any atom is 2.00 e. The summed E-state index contributed by atoms with van der Waals surface area (Å²) in [5.74, 6) is -0.352.